The Bertz CT molecular complexity index is 319. The summed E-state index contributed by atoms with van der Waals surface area (Å²) in [7, 11) is 0. The third kappa shape index (κ3) is 3.08. The van der Waals surface area contributed by atoms with Gasteiger partial charge in [0.2, 0.25) is 0 Å². The van der Waals surface area contributed by atoms with E-state index in [4.69, 9.17) is 11.2 Å². The SMILES string of the molecule is C#CCOC(/C=C/C)c1ccccc1. The second-order valence-corrected chi connectivity index (χ2v) is 2.87. The van der Waals surface area contributed by atoms with Crippen molar-refractivity contribution in [3.8, 4) is 12.3 Å². The van der Waals surface area contributed by atoms with Crippen molar-refractivity contribution < 1.29 is 4.74 Å². The Morgan fingerprint density at radius 2 is 2.14 bits per heavy atom. The molecule has 1 aromatic rings. The molecule has 0 saturated heterocycles. The van der Waals surface area contributed by atoms with Gasteiger partial charge in [0.25, 0.3) is 0 Å². The normalized spacial score (nSPS) is 12.6. The summed E-state index contributed by atoms with van der Waals surface area (Å²) in [6.07, 6.45) is 9.08. The summed E-state index contributed by atoms with van der Waals surface area (Å²) >= 11 is 0. The molecule has 72 valence electrons. The first-order chi connectivity index (χ1) is 6.88. The van der Waals surface area contributed by atoms with Crippen molar-refractivity contribution in [3.63, 3.8) is 0 Å². The van der Waals surface area contributed by atoms with Crippen molar-refractivity contribution in [2.45, 2.75) is 13.0 Å². The van der Waals surface area contributed by atoms with E-state index in [0.717, 1.165) is 5.56 Å². The standard InChI is InChI=1S/C13H14O/c1-3-8-13(14-11-4-2)12-9-6-5-7-10-12/h2-3,5-10,13H,11H2,1H3/b8-3+. The molecule has 0 saturated carbocycles. The van der Waals surface area contributed by atoms with Crippen LogP contribution in [-0.2, 0) is 4.74 Å². The van der Waals surface area contributed by atoms with E-state index in [1.807, 2.05) is 49.4 Å². The Morgan fingerprint density at radius 1 is 1.43 bits per heavy atom. The van der Waals surface area contributed by atoms with Crippen molar-refractivity contribution in [1.29, 1.82) is 0 Å². The fourth-order valence-corrected chi connectivity index (χ4v) is 1.22. The van der Waals surface area contributed by atoms with Gasteiger partial charge in [0.15, 0.2) is 0 Å². The molecule has 0 heterocycles. The van der Waals surface area contributed by atoms with Gasteiger partial charge < -0.3 is 4.74 Å². The van der Waals surface area contributed by atoms with Crippen LogP contribution in [0.15, 0.2) is 42.5 Å². The van der Waals surface area contributed by atoms with Gasteiger partial charge in [0.05, 0.1) is 0 Å². The monoisotopic (exact) mass is 186 g/mol. The molecular formula is C13H14O. The minimum Gasteiger partial charge on any atom is -0.357 e. The third-order valence-electron chi connectivity index (χ3n) is 1.84. The highest BCUT2D eigenvalue weighted by molar-refractivity contribution is 5.21. The Labute approximate surface area is 85.4 Å². The molecule has 0 radical (unpaired) electrons. The van der Waals surface area contributed by atoms with Crippen LogP contribution >= 0.6 is 0 Å². The average Bonchev–Trinajstić information content (AvgIpc) is 2.25. The quantitative estimate of drug-likeness (QED) is 0.519. The lowest BCUT2D eigenvalue weighted by molar-refractivity contribution is 0.114. The van der Waals surface area contributed by atoms with Gasteiger partial charge in [-0.1, -0.05) is 48.4 Å². The van der Waals surface area contributed by atoms with Gasteiger partial charge in [0.1, 0.15) is 12.7 Å². The maximum absolute atomic E-state index is 5.49. The number of benzene rings is 1. The van der Waals surface area contributed by atoms with Crippen molar-refractivity contribution in [1.82, 2.24) is 0 Å². The molecule has 0 aliphatic carbocycles. The smallest absolute Gasteiger partial charge is 0.108 e. The van der Waals surface area contributed by atoms with E-state index in [9.17, 15) is 0 Å². The topological polar surface area (TPSA) is 9.23 Å². The first kappa shape index (κ1) is 10.6. The van der Waals surface area contributed by atoms with Crippen molar-refractivity contribution in [3.05, 3.63) is 48.0 Å². The van der Waals surface area contributed by atoms with E-state index in [1.165, 1.54) is 0 Å². The number of hydrogen-bond acceptors (Lipinski definition) is 1. The zero-order valence-corrected chi connectivity index (χ0v) is 8.31. The van der Waals surface area contributed by atoms with Crippen LogP contribution in [0.3, 0.4) is 0 Å². The van der Waals surface area contributed by atoms with E-state index in [1.54, 1.807) is 0 Å². The number of allylic oxidation sites excluding steroid dienone is 1. The molecule has 0 aromatic heterocycles. The highest BCUT2D eigenvalue weighted by Gasteiger charge is 2.05. The van der Waals surface area contributed by atoms with E-state index >= 15 is 0 Å². The summed E-state index contributed by atoms with van der Waals surface area (Å²) in [5.41, 5.74) is 1.13. The fourth-order valence-electron chi connectivity index (χ4n) is 1.22. The Kier molecular flexibility index (Phi) is 4.54. The zero-order chi connectivity index (χ0) is 10.2. The van der Waals surface area contributed by atoms with Gasteiger partial charge in [-0.25, -0.2) is 0 Å². The molecule has 1 nitrogen and oxygen atoms in total. The van der Waals surface area contributed by atoms with Crippen molar-refractivity contribution >= 4 is 0 Å². The number of hydrogen-bond donors (Lipinski definition) is 0. The van der Waals surface area contributed by atoms with Crippen LogP contribution < -0.4 is 0 Å². The highest BCUT2D eigenvalue weighted by Crippen LogP contribution is 2.17. The van der Waals surface area contributed by atoms with Crippen LogP contribution in [-0.4, -0.2) is 6.61 Å². The number of ether oxygens (including phenoxy) is 1. The molecule has 0 aliphatic rings. The molecule has 0 spiro atoms. The molecule has 14 heavy (non-hydrogen) atoms. The van der Waals surface area contributed by atoms with Crippen molar-refractivity contribution in [2.24, 2.45) is 0 Å². The Balaban J connectivity index is 2.73. The molecule has 1 unspecified atom stereocenters. The van der Waals surface area contributed by atoms with E-state index in [0.29, 0.717) is 6.61 Å². The summed E-state index contributed by atoms with van der Waals surface area (Å²) in [5, 5.41) is 0. The summed E-state index contributed by atoms with van der Waals surface area (Å²) in [6, 6.07) is 10.0. The van der Waals surface area contributed by atoms with Gasteiger partial charge in [-0.05, 0) is 12.5 Å². The second kappa shape index (κ2) is 6.01. The van der Waals surface area contributed by atoms with Gasteiger partial charge in [-0.2, -0.15) is 0 Å². The largest absolute Gasteiger partial charge is 0.357 e. The molecule has 0 fully saturated rings. The molecular weight excluding hydrogens is 172 g/mol. The van der Waals surface area contributed by atoms with Crippen molar-refractivity contribution in [2.75, 3.05) is 6.61 Å². The molecule has 1 aromatic carbocycles. The molecule has 1 heteroatoms. The first-order valence-corrected chi connectivity index (χ1v) is 4.61. The highest BCUT2D eigenvalue weighted by atomic mass is 16.5. The molecule has 1 rings (SSSR count). The number of rotatable bonds is 4. The summed E-state index contributed by atoms with van der Waals surface area (Å²) in [5.74, 6) is 2.47. The lowest BCUT2D eigenvalue weighted by atomic mass is 10.1. The molecule has 1 atom stereocenters. The predicted molar refractivity (Wildman–Crippen MR) is 58.8 cm³/mol. The Hall–Kier alpha value is -1.52. The van der Waals surface area contributed by atoms with Gasteiger partial charge in [-0.15, -0.1) is 6.42 Å². The number of terminal acetylenes is 1. The van der Waals surface area contributed by atoms with Crippen LogP contribution in [0.5, 0.6) is 0 Å². The van der Waals surface area contributed by atoms with Crippen LogP contribution in [0.4, 0.5) is 0 Å². The van der Waals surface area contributed by atoms with Crippen LogP contribution in [0, 0.1) is 12.3 Å². The zero-order valence-electron chi connectivity index (χ0n) is 8.31. The van der Waals surface area contributed by atoms with Gasteiger partial charge in [0, 0.05) is 0 Å². The third-order valence-corrected chi connectivity index (χ3v) is 1.84. The minimum atomic E-state index is -0.0303. The van der Waals surface area contributed by atoms with Gasteiger partial charge >= 0.3 is 0 Å². The second-order valence-electron chi connectivity index (χ2n) is 2.87. The predicted octanol–water partition coefficient (Wildman–Crippen LogP) is 2.95. The van der Waals surface area contributed by atoms with Crippen LogP contribution in [0.25, 0.3) is 0 Å². The summed E-state index contributed by atoms with van der Waals surface area (Å²) < 4.78 is 5.49. The van der Waals surface area contributed by atoms with E-state index < -0.39 is 0 Å². The van der Waals surface area contributed by atoms with Crippen LogP contribution in [0.2, 0.25) is 0 Å². The maximum atomic E-state index is 5.49. The lowest BCUT2D eigenvalue weighted by Gasteiger charge is -2.12. The average molecular weight is 186 g/mol. The molecule has 0 aliphatic heterocycles. The minimum absolute atomic E-state index is 0.0303. The Morgan fingerprint density at radius 3 is 2.71 bits per heavy atom. The van der Waals surface area contributed by atoms with E-state index in [2.05, 4.69) is 5.92 Å². The lowest BCUT2D eigenvalue weighted by Crippen LogP contribution is -2.01. The first-order valence-electron chi connectivity index (χ1n) is 4.61. The molecule has 0 amide bonds. The molecule has 0 N–H and O–H groups in total. The molecule has 0 bridgehead atoms. The summed E-state index contributed by atoms with van der Waals surface area (Å²) in [4.78, 5) is 0. The van der Waals surface area contributed by atoms with E-state index in [-0.39, 0.29) is 6.10 Å². The summed E-state index contributed by atoms with van der Waals surface area (Å²) in [6.45, 7) is 2.30. The maximum Gasteiger partial charge on any atom is 0.108 e. The van der Waals surface area contributed by atoms with Crippen LogP contribution in [0.1, 0.15) is 18.6 Å². The van der Waals surface area contributed by atoms with Gasteiger partial charge in [-0.3, -0.25) is 0 Å². The fraction of sp³-hybridized carbons (Fsp3) is 0.231.